The number of hydrogen-bond donors (Lipinski definition) is 0. The molecule has 8 nitrogen and oxygen atoms in total. The van der Waals surface area contributed by atoms with Gasteiger partial charge in [0.05, 0.1) is 9.82 Å². The zero-order chi connectivity index (χ0) is 20.3. The van der Waals surface area contributed by atoms with E-state index < -0.39 is 20.9 Å². The molecule has 0 radical (unpaired) electrons. The van der Waals surface area contributed by atoms with Gasteiger partial charge < -0.3 is 4.90 Å². The molecule has 148 valence electrons. The van der Waals surface area contributed by atoms with Crippen molar-refractivity contribution in [2.24, 2.45) is 0 Å². The number of hydrogen-bond acceptors (Lipinski definition) is 5. The van der Waals surface area contributed by atoms with Gasteiger partial charge in [-0.1, -0.05) is 18.6 Å². The van der Waals surface area contributed by atoms with Gasteiger partial charge in [0.15, 0.2) is 0 Å². The van der Waals surface area contributed by atoms with Crippen LogP contribution < -0.4 is 4.90 Å². The van der Waals surface area contributed by atoms with Gasteiger partial charge in [-0.2, -0.15) is 4.31 Å². The quantitative estimate of drug-likeness (QED) is 0.564. The summed E-state index contributed by atoms with van der Waals surface area (Å²) in [5, 5.41) is 11.2. The van der Waals surface area contributed by atoms with Gasteiger partial charge in [-0.15, -0.1) is 0 Å². The third-order valence-corrected chi connectivity index (χ3v) is 6.71. The molecule has 1 amide bonds. The lowest BCUT2D eigenvalue weighted by Gasteiger charge is -2.26. The van der Waals surface area contributed by atoms with Gasteiger partial charge in [-0.3, -0.25) is 14.9 Å². The predicted octanol–water partition coefficient (Wildman–Crippen LogP) is 3.05. The van der Waals surface area contributed by atoms with E-state index in [9.17, 15) is 23.3 Å². The zero-order valence-corrected chi connectivity index (χ0v) is 16.3. The minimum atomic E-state index is -3.58. The third kappa shape index (κ3) is 3.90. The first-order chi connectivity index (χ1) is 13.3. The third-order valence-electron chi connectivity index (χ3n) is 4.80. The average Bonchev–Trinajstić information content (AvgIpc) is 2.73. The van der Waals surface area contributed by atoms with Crippen LogP contribution in [0.4, 0.5) is 11.4 Å². The zero-order valence-electron chi connectivity index (χ0n) is 15.4. The smallest absolute Gasteiger partial charge is 0.292 e. The maximum atomic E-state index is 12.7. The van der Waals surface area contributed by atoms with Crippen molar-refractivity contribution in [2.75, 3.05) is 25.0 Å². The summed E-state index contributed by atoms with van der Waals surface area (Å²) in [4.78, 5) is 24.7. The molecular formula is C19H21N3O5S. The molecule has 0 aliphatic carbocycles. The average molecular weight is 403 g/mol. The van der Waals surface area contributed by atoms with Crippen LogP contribution in [-0.4, -0.2) is 43.7 Å². The number of nitro groups is 1. The van der Waals surface area contributed by atoms with Crippen LogP contribution in [0.1, 0.15) is 29.6 Å². The Balaban J connectivity index is 1.83. The molecule has 1 saturated heterocycles. The Kier molecular flexibility index (Phi) is 5.76. The van der Waals surface area contributed by atoms with Gasteiger partial charge in [0, 0.05) is 31.8 Å². The fraction of sp³-hybridized carbons (Fsp3) is 0.316. The second kappa shape index (κ2) is 8.07. The molecule has 0 bridgehead atoms. The SMILES string of the molecule is CN(C(=O)c1ccc(S(=O)(=O)N2CCCCC2)cc1)c1ccccc1[N+](=O)[O-]. The van der Waals surface area contributed by atoms with Crippen LogP contribution >= 0.6 is 0 Å². The van der Waals surface area contributed by atoms with Gasteiger partial charge >= 0.3 is 0 Å². The molecule has 3 rings (SSSR count). The lowest BCUT2D eigenvalue weighted by molar-refractivity contribution is -0.384. The van der Waals surface area contributed by atoms with E-state index in [4.69, 9.17) is 0 Å². The Hall–Kier alpha value is -2.78. The maximum Gasteiger partial charge on any atom is 0.292 e. The van der Waals surface area contributed by atoms with E-state index >= 15 is 0 Å². The van der Waals surface area contributed by atoms with Gasteiger partial charge in [0.1, 0.15) is 5.69 Å². The van der Waals surface area contributed by atoms with Crippen molar-refractivity contribution >= 4 is 27.3 Å². The van der Waals surface area contributed by atoms with Crippen molar-refractivity contribution in [1.82, 2.24) is 4.31 Å². The molecule has 0 unspecified atom stereocenters. The van der Waals surface area contributed by atoms with E-state index in [-0.39, 0.29) is 21.8 Å². The van der Waals surface area contributed by atoms with E-state index in [2.05, 4.69) is 0 Å². The fourth-order valence-corrected chi connectivity index (χ4v) is 4.75. The second-order valence-corrected chi connectivity index (χ2v) is 8.54. The molecule has 0 spiro atoms. The number of benzene rings is 2. The molecular weight excluding hydrogens is 382 g/mol. The Morgan fingerprint density at radius 2 is 1.64 bits per heavy atom. The highest BCUT2D eigenvalue weighted by Crippen LogP contribution is 2.28. The van der Waals surface area contributed by atoms with Crippen LogP contribution in [0.15, 0.2) is 53.4 Å². The van der Waals surface area contributed by atoms with Crippen LogP contribution in [0.3, 0.4) is 0 Å². The standard InChI is InChI=1S/C19H21N3O5S/c1-20(17-7-3-4-8-18(17)22(24)25)19(23)15-9-11-16(12-10-15)28(26,27)21-13-5-2-6-14-21/h3-4,7-12H,2,5-6,13-14H2,1H3. The molecule has 1 aliphatic rings. The normalized spacial score (nSPS) is 15.2. The number of piperidine rings is 1. The summed E-state index contributed by atoms with van der Waals surface area (Å²) in [5.41, 5.74) is 0.239. The molecule has 9 heteroatoms. The number of nitro benzene ring substituents is 1. The first kappa shape index (κ1) is 20.0. The summed E-state index contributed by atoms with van der Waals surface area (Å²) >= 11 is 0. The van der Waals surface area contributed by atoms with Gasteiger partial charge in [0.2, 0.25) is 10.0 Å². The van der Waals surface area contributed by atoms with Crippen LogP contribution in [0.5, 0.6) is 0 Å². The minimum absolute atomic E-state index is 0.138. The molecule has 0 atom stereocenters. The Bertz CT molecular complexity index is 983. The number of carbonyl (C=O) groups excluding carboxylic acids is 1. The van der Waals surface area contributed by atoms with Crippen molar-refractivity contribution in [1.29, 1.82) is 0 Å². The van der Waals surface area contributed by atoms with E-state index in [0.29, 0.717) is 13.1 Å². The number of nitrogens with zero attached hydrogens (tertiary/aromatic N) is 3. The van der Waals surface area contributed by atoms with Crippen molar-refractivity contribution in [3.8, 4) is 0 Å². The predicted molar refractivity (Wildman–Crippen MR) is 105 cm³/mol. The first-order valence-electron chi connectivity index (χ1n) is 8.94. The molecule has 1 aliphatic heterocycles. The molecule has 0 saturated carbocycles. The summed E-state index contributed by atoms with van der Waals surface area (Å²) in [7, 11) is -2.13. The highest BCUT2D eigenvalue weighted by molar-refractivity contribution is 7.89. The Labute approximate surface area is 163 Å². The van der Waals surface area contributed by atoms with Gasteiger partial charge in [-0.05, 0) is 43.2 Å². The van der Waals surface area contributed by atoms with Crippen molar-refractivity contribution < 1.29 is 18.1 Å². The van der Waals surface area contributed by atoms with Crippen molar-refractivity contribution in [2.45, 2.75) is 24.2 Å². The molecule has 0 aromatic heterocycles. The molecule has 1 heterocycles. The van der Waals surface area contributed by atoms with E-state index in [0.717, 1.165) is 19.3 Å². The van der Waals surface area contributed by atoms with E-state index in [1.165, 1.54) is 58.7 Å². The monoisotopic (exact) mass is 403 g/mol. The largest absolute Gasteiger partial charge is 0.305 e. The topological polar surface area (TPSA) is 101 Å². The minimum Gasteiger partial charge on any atom is -0.305 e. The first-order valence-corrected chi connectivity index (χ1v) is 10.4. The Morgan fingerprint density at radius 3 is 2.25 bits per heavy atom. The number of carbonyl (C=O) groups is 1. The highest BCUT2D eigenvalue weighted by Gasteiger charge is 2.27. The lowest BCUT2D eigenvalue weighted by atomic mass is 10.2. The number of amides is 1. The van der Waals surface area contributed by atoms with Crippen molar-refractivity contribution in [3.05, 3.63) is 64.2 Å². The lowest BCUT2D eigenvalue weighted by Crippen LogP contribution is -2.35. The summed E-state index contributed by atoms with van der Waals surface area (Å²) < 4.78 is 26.9. The summed E-state index contributed by atoms with van der Waals surface area (Å²) in [5.74, 6) is -0.462. The van der Waals surface area contributed by atoms with Crippen molar-refractivity contribution in [3.63, 3.8) is 0 Å². The van der Waals surface area contributed by atoms with Crippen LogP contribution in [-0.2, 0) is 10.0 Å². The number of anilines is 1. The van der Waals surface area contributed by atoms with Crippen LogP contribution in [0.2, 0.25) is 0 Å². The Morgan fingerprint density at radius 1 is 1.04 bits per heavy atom. The summed E-state index contributed by atoms with van der Waals surface area (Å²) in [6, 6.07) is 11.6. The summed E-state index contributed by atoms with van der Waals surface area (Å²) in [6.07, 6.45) is 2.71. The molecule has 2 aromatic rings. The fourth-order valence-electron chi connectivity index (χ4n) is 3.23. The van der Waals surface area contributed by atoms with E-state index in [1.54, 1.807) is 6.07 Å². The molecule has 0 N–H and O–H groups in total. The van der Waals surface area contributed by atoms with Crippen LogP contribution in [0, 0.1) is 10.1 Å². The molecule has 1 fully saturated rings. The maximum absolute atomic E-state index is 12.7. The number of para-hydroxylation sites is 2. The van der Waals surface area contributed by atoms with E-state index in [1.807, 2.05) is 0 Å². The van der Waals surface area contributed by atoms with Gasteiger partial charge in [-0.25, -0.2) is 8.42 Å². The number of sulfonamides is 1. The highest BCUT2D eigenvalue weighted by atomic mass is 32.2. The molecule has 28 heavy (non-hydrogen) atoms. The second-order valence-electron chi connectivity index (χ2n) is 6.60. The van der Waals surface area contributed by atoms with Gasteiger partial charge in [0.25, 0.3) is 11.6 Å². The summed E-state index contributed by atoms with van der Waals surface area (Å²) in [6.45, 7) is 1.01. The molecule has 2 aromatic carbocycles. The number of rotatable bonds is 5. The van der Waals surface area contributed by atoms with Crippen LogP contribution in [0.25, 0.3) is 0 Å².